The monoisotopic (exact) mass is 331 g/mol. The number of methoxy groups -OCH3 is 1. The average molecular weight is 331 g/mol. The van der Waals surface area contributed by atoms with Gasteiger partial charge in [0, 0.05) is 32.3 Å². The highest BCUT2D eigenvalue weighted by molar-refractivity contribution is 5.35. The lowest BCUT2D eigenvalue weighted by Gasteiger charge is -2.14. The maximum atomic E-state index is 5.32. The highest BCUT2D eigenvalue weighted by Crippen LogP contribution is 2.19. The van der Waals surface area contributed by atoms with Crippen molar-refractivity contribution in [3.05, 3.63) is 35.6 Å². The highest BCUT2D eigenvalue weighted by atomic mass is 16.5. The molecule has 0 amide bonds. The SMILES string of the molecule is COCCc1noc(CN2CCC(CNc3cccc(C)n3)C2)n1. The Labute approximate surface area is 142 Å². The van der Waals surface area contributed by atoms with Gasteiger partial charge in [-0.15, -0.1) is 0 Å². The molecule has 1 fully saturated rings. The van der Waals surface area contributed by atoms with Crippen molar-refractivity contribution >= 4 is 5.82 Å². The number of rotatable bonds is 8. The largest absolute Gasteiger partial charge is 0.384 e. The Morgan fingerprint density at radius 1 is 1.38 bits per heavy atom. The molecule has 0 aliphatic carbocycles. The number of aromatic nitrogens is 3. The van der Waals surface area contributed by atoms with E-state index in [-0.39, 0.29) is 0 Å². The van der Waals surface area contributed by atoms with Crippen LogP contribution < -0.4 is 5.32 Å². The van der Waals surface area contributed by atoms with Crippen molar-refractivity contribution < 1.29 is 9.26 Å². The van der Waals surface area contributed by atoms with Crippen LogP contribution in [0, 0.1) is 12.8 Å². The minimum Gasteiger partial charge on any atom is -0.384 e. The minimum absolute atomic E-state index is 0.614. The van der Waals surface area contributed by atoms with Crippen LogP contribution in [0.4, 0.5) is 5.82 Å². The summed E-state index contributed by atoms with van der Waals surface area (Å²) in [5.74, 6) is 2.97. The molecule has 2 aromatic rings. The Morgan fingerprint density at radius 3 is 3.12 bits per heavy atom. The summed E-state index contributed by atoms with van der Waals surface area (Å²) in [5, 5.41) is 7.42. The van der Waals surface area contributed by atoms with Gasteiger partial charge in [-0.1, -0.05) is 11.2 Å². The zero-order valence-electron chi connectivity index (χ0n) is 14.4. The Morgan fingerprint density at radius 2 is 2.29 bits per heavy atom. The van der Waals surface area contributed by atoms with Crippen LogP contribution in [0.25, 0.3) is 0 Å². The van der Waals surface area contributed by atoms with E-state index >= 15 is 0 Å². The zero-order valence-corrected chi connectivity index (χ0v) is 14.4. The number of hydrogen-bond donors (Lipinski definition) is 1. The van der Waals surface area contributed by atoms with Gasteiger partial charge < -0.3 is 14.6 Å². The molecule has 1 N–H and O–H groups in total. The number of ether oxygens (including phenoxy) is 1. The third-order valence-electron chi connectivity index (χ3n) is 4.23. The molecule has 24 heavy (non-hydrogen) atoms. The fraction of sp³-hybridized carbons (Fsp3) is 0.588. The molecule has 1 unspecified atom stereocenters. The molecule has 130 valence electrons. The van der Waals surface area contributed by atoms with Gasteiger partial charge in [0.25, 0.3) is 0 Å². The lowest BCUT2D eigenvalue weighted by Crippen LogP contribution is -2.23. The normalized spacial score (nSPS) is 18.2. The first-order valence-corrected chi connectivity index (χ1v) is 8.43. The number of likely N-dealkylation sites (tertiary alicyclic amines) is 1. The summed E-state index contributed by atoms with van der Waals surface area (Å²) in [5.41, 5.74) is 1.04. The van der Waals surface area contributed by atoms with E-state index < -0.39 is 0 Å². The van der Waals surface area contributed by atoms with E-state index in [9.17, 15) is 0 Å². The van der Waals surface area contributed by atoms with Crippen LogP contribution in [-0.4, -0.2) is 53.4 Å². The van der Waals surface area contributed by atoms with Gasteiger partial charge in [0.15, 0.2) is 5.82 Å². The van der Waals surface area contributed by atoms with Gasteiger partial charge in [0.1, 0.15) is 5.82 Å². The number of hydrogen-bond acceptors (Lipinski definition) is 7. The van der Waals surface area contributed by atoms with Crippen molar-refractivity contribution in [2.24, 2.45) is 5.92 Å². The first-order valence-electron chi connectivity index (χ1n) is 8.43. The first-order chi connectivity index (χ1) is 11.7. The molecule has 3 heterocycles. The summed E-state index contributed by atoms with van der Waals surface area (Å²) in [6.45, 7) is 6.38. The topological polar surface area (TPSA) is 76.3 Å². The van der Waals surface area contributed by atoms with Crippen LogP contribution in [0.2, 0.25) is 0 Å². The van der Waals surface area contributed by atoms with E-state index in [2.05, 4.69) is 25.3 Å². The van der Waals surface area contributed by atoms with Crippen LogP contribution in [0.5, 0.6) is 0 Å². The Bertz CT molecular complexity index is 645. The summed E-state index contributed by atoms with van der Waals surface area (Å²) in [4.78, 5) is 11.3. The molecule has 1 aliphatic heterocycles. The van der Waals surface area contributed by atoms with E-state index in [4.69, 9.17) is 9.26 Å². The van der Waals surface area contributed by atoms with Crippen molar-refractivity contribution in [3.63, 3.8) is 0 Å². The predicted octanol–water partition coefficient (Wildman–Crippen LogP) is 1.90. The Hall–Kier alpha value is -1.99. The third kappa shape index (κ3) is 4.75. The summed E-state index contributed by atoms with van der Waals surface area (Å²) in [6.07, 6.45) is 1.86. The van der Waals surface area contributed by atoms with Gasteiger partial charge >= 0.3 is 0 Å². The number of aryl methyl sites for hydroxylation is 1. The molecule has 2 aromatic heterocycles. The lowest BCUT2D eigenvalue weighted by atomic mass is 10.1. The molecule has 7 nitrogen and oxygen atoms in total. The quantitative estimate of drug-likeness (QED) is 0.791. The van der Waals surface area contributed by atoms with Gasteiger partial charge in [-0.2, -0.15) is 4.98 Å². The summed E-state index contributed by atoms with van der Waals surface area (Å²) < 4.78 is 10.3. The van der Waals surface area contributed by atoms with Gasteiger partial charge in [-0.3, -0.25) is 4.90 Å². The summed E-state index contributed by atoms with van der Waals surface area (Å²) in [6, 6.07) is 6.05. The predicted molar refractivity (Wildman–Crippen MR) is 90.7 cm³/mol. The van der Waals surface area contributed by atoms with Crippen LogP contribution in [0.1, 0.15) is 23.8 Å². The Balaban J connectivity index is 1.42. The number of anilines is 1. The molecule has 0 bridgehead atoms. The molecule has 1 atom stereocenters. The third-order valence-corrected chi connectivity index (χ3v) is 4.23. The molecule has 1 aliphatic rings. The molecule has 0 aromatic carbocycles. The highest BCUT2D eigenvalue weighted by Gasteiger charge is 2.24. The van der Waals surface area contributed by atoms with Crippen molar-refractivity contribution in [2.75, 3.05) is 38.7 Å². The Kier molecular flexibility index (Phi) is 5.77. The standard InChI is InChI=1S/C17H25N5O2/c1-13-4-3-5-15(19-13)18-10-14-6-8-22(11-14)12-17-20-16(21-24-17)7-9-23-2/h3-5,14H,6-12H2,1-2H3,(H,18,19). The van der Waals surface area contributed by atoms with Gasteiger partial charge in [0.05, 0.1) is 13.2 Å². The van der Waals surface area contributed by atoms with Crippen LogP contribution in [0.15, 0.2) is 22.7 Å². The second kappa shape index (κ2) is 8.21. The minimum atomic E-state index is 0.614. The summed E-state index contributed by atoms with van der Waals surface area (Å²) >= 11 is 0. The lowest BCUT2D eigenvalue weighted by molar-refractivity contribution is 0.199. The molecule has 0 radical (unpaired) electrons. The van der Waals surface area contributed by atoms with Crippen LogP contribution >= 0.6 is 0 Å². The maximum absolute atomic E-state index is 5.32. The molecule has 1 saturated heterocycles. The van der Waals surface area contributed by atoms with E-state index in [0.29, 0.717) is 24.8 Å². The second-order valence-corrected chi connectivity index (χ2v) is 6.28. The summed E-state index contributed by atoms with van der Waals surface area (Å²) in [7, 11) is 1.67. The maximum Gasteiger partial charge on any atom is 0.240 e. The number of pyridine rings is 1. The first kappa shape index (κ1) is 16.9. The van der Waals surface area contributed by atoms with Gasteiger partial charge in [-0.25, -0.2) is 4.98 Å². The number of nitrogens with one attached hydrogen (secondary N) is 1. The van der Waals surface area contributed by atoms with Crippen molar-refractivity contribution in [1.82, 2.24) is 20.0 Å². The van der Waals surface area contributed by atoms with E-state index in [1.807, 2.05) is 25.1 Å². The second-order valence-electron chi connectivity index (χ2n) is 6.28. The number of nitrogens with zero attached hydrogens (tertiary/aromatic N) is 4. The molecular weight excluding hydrogens is 306 g/mol. The van der Waals surface area contributed by atoms with Crippen LogP contribution in [-0.2, 0) is 17.7 Å². The van der Waals surface area contributed by atoms with Crippen molar-refractivity contribution in [1.29, 1.82) is 0 Å². The van der Waals surface area contributed by atoms with Crippen molar-refractivity contribution in [2.45, 2.75) is 26.3 Å². The van der Waals surface area contributed by atoms with E-state index in [1.165, 1.54) is 6.42 Å². The molecular formula is C17H25N5O2. The fourth-order valence-electron chi connectivity index (χ4n) is 2.95. The van der Waals surface area contributed by atoms with Crippen LogP contribution in [0.3, 0.4) is 0 Å². The molecule has 3 rings (SSSR count). The smallest absolute Gasteiger partial charge is 0.240 e. The van der Waals surface area contributed by atoms with Gasteiger partial charge in [-0.05, 0) is 37.9 Å². The van der Waals surface area contributed by atoms with Gasteiger partial charge in [0.2, 0.25) is 5.89 Å². The van der Waals surface area contributed by atoms with E-state index in [0.717, 1.165) is 43.5 Å². The zero-order chi connectivity index (χ0) is 16.8. The molecule has 0 saturated carbocycles. The average Bonchev–Trinajstić information content (AvgIpc) is 3.21. The molecule has 7 heteroatoms. The van der Waals surface area contributed by atoms with Crippen molar-refractivity contribution in [3.8, 4) is 0 Å². The van der Waals surface area contributed by atoms with E-state index in [1.54, 1.807) is 7.11 Å². The molecule has 0 spiro atoms. The fourth-order valence-corrected chi connectivity index (χ4v) is 2.95.